The number of methoxy groups -OCH3 is 1. The summed E-state index contributed by atoms with van der Waals surface area (Å²) in [5, 5.41) is 53.3. The number of ether oxygens (including phenoxy) is 2. The third-order valence-corrected chi connectivity index (χ3v) is 4.78. The maximum atomic E-state index is 12.1. The van der Waals surface area contributed by atoms with Crippen molar-refractivity contribution in [2.24, 2.45) is 0 Å². The molecule has 1 aromatic heterocycles. The Morgan fingerprint density at radius 3 is 2.60 bits per heavy atom. The third-order valence-electron chi connectivity index (χ3n) is 4.78. The van der Waals surface area contributed by atoms with Gasteiger partial charge in [0.15, 0.2) is 12.1 Å². The van der Waals surface area contributed by atoms with E-state index in [1.54, 1.807) is 7.11 Å². The molecule has 12 nitrogen and oxygen atoms in total. The highest BCUT2D eigenvalue weighted by atomic mass is 16.6. The van der Waals surface area contributed by atoms with Gasteiger partial charge >= 0.3 is 0 Å². The molecule has 3 rings (SSSR count). The van der Waals surface area contributed by atoms with E-state index in [2.05, 4.69) is 20.7 Å². The zero-order chi connectivity index (χ0) is 21.7. The number of nitrogens with zero attached hydrogens (tertiary/aromatic N) is 4. The molecule has 5 N–H and O–H groups in total. The van der Waals surface area contributed by atoms with Crippen molar-refractivity contribution in [1.29, 1.82) is 0 Å². The van der Waals surface area contributed by atoms with Crippen LogP contribution in [0, 0.1) is 0 Å². The molecule has 0 spiro atoms. The number of aliphatic hydroxyl groups excluding tert-OH is 4. The van der Waals surface area contributed by atoms with E-state index >= 15 is 0 Å². The van der Waals surface area contributed by atoms with Gasteiger partial charge in [-0.2, -0.15) is 0 Å². The molecular weight excluding hydrogens is 398 g/mol. The van der Waals surface area contributed by atoms with E-state index in [0.717, 1.165) is 16.1 Å². The Kier molecular flexibility index (Phi) is 7.29. The number of carbonyl (C=O) groups is 1. The average Bonchev–Trinajstić information content (AvgIpc) is 3.21. The van der Waals surface area contributed by atoms with Crippen LogP contribution >= 0.6 is 0 Å². The first-order valence-corrected chi connectivity index (χ1v) is 9.41. The monoisotopic (exact) mass is 423 g/mol. The van der Waals surface area contributed by atoms with Gasteiger partial charge in [0.1, 0.15) is 30.2 Å². The SMILES string of the molecule is COc1ccc(CCNC(=O)Cc2nnn(C3OC(CO)C(O)C(O)C3O)n2)cc1. The Bertz CT molecular complexity index is 829. The fourth-order valence-electron chi connectivity index (χ4n) is 3.05. The zero-order valence-corrected chi connectivity index (χ0v) is 16.3. The fraction of sp³-hybridized carbons (Fsp3) is 0.556. The minimum Gasteiger partial charge on any atom is -0.497 e. The molecule has 1 fully saturated rings. The number of amides is 1. The number of carbonyl (C=O) groups excluding carboxylic acids is 1. The Labute approximate surface area is 172 Å². The molecule has 1 amide bonds. The second kappa shape index (κ2) is 9.91. The molecule has 12 heteroatoms. The second-order valence-electron chi connectivity index (χ2n) is 6.87. The highest BCUT2D eigenvalue weighted by molar-refractivity contribution is 5.77. The summed E-state index contributed by atoms with van der Waals surface area (Å²) in [5.74, 6) is 0.544. The molecule has 2 heterocycles. The van der Waals surface area contributed by atoms with Gasteiger partial charge in [-0.15, -0.1) is 15.0 Å². The lowest BCUT2D eigenvalue weighted by Crippen LogP contribution is -2.56. The minimum absolute atomic E-state index is 0.0916. The molecule has 164 valence electrons. The Morgan fingerprint density at radius 1 is 1.20 bits per heavy atom. The van der Waals surface area contributed by atoms with Gasteiger partial charge in [-0.25, -0.2) is 0 Å². The van der Waals surface area contributed by atoms with Gasteiger partial charge in [-0.05, 0) is 29.3 Å². The van der Waals surface area contributed by atoms with E-state index in [0.29, 0.717) is 13.0 Å². The van der Waals surface area contributed by atoms with Crippen LogP contribution in [-0.2, 0) is 22.4 Å². The lowest BCUT2D eigenvalue weighted by atomic mass is 9.99. The summed E-state index contributed by atoms with van der Waals surface area (Å²) in [6.07, 6.45) is -6.44. The summed E-state index contributed by atoms with van der Waals surface area (Å²) in [7, 11) is 1.59. The van der Waals surface area contributed by atoms with Gasteiger partial charge in [-0.3, -0.25) is 4.79 Å². The van der Waals surface area contributed by atoms with Crippen molar-refractivity contribution in [1.82, 2.24) is 25.5 Å². The van der Waals surface area contributed by atoms with Crippen LogP contribution < -0.4 is 10.1 Å². The molecule has 0 bridgehead atoms. The smallest absolute Gasteiger partial charge is 0.227 e. The van der Waals surface area contributed by atoms with Crippen LogP contribution in [0.1, 0.15) is 17.6 Å². The van der Waals surface area contributed by atoms with Crippen LogP contribution in [0.3, 0.4) is 0 Å². The molecule has 1 aromatic carbocycles. The summed E-state index contributed by atoms with van der Waals surface area (Å²) < 4.78 is 10.4. The van der Waals surface area contributed by atoms with Crippen molar-refractivity contribution in [3.05, 3.63) is 35.7 Å². The lowest BCUT2D eigenvalue weighted by molar-refractivity contribution is -0.257. The summed E-state index contributed by atoms with van der Waals surface area (Å²) in [5.41, 5.74) is 1.04. The van der Waals surface area contributed by atoms with Gasteiger partial charge in [-0.1, -0.05) is 12.1 Å². The van der Waals surface area contributed by atoms with Gasteiger partial charge in [0.2, 0.25) is 5.91 Å². The highest BCUT2D eigenvalue weighted by Gasteiger charge is 2.45. The molecular formula is C18H25N5O7. The van der Waals surface area contributed by atoms with Crippen LogP contribution in [-0.4, -0.2) is 91.2 Å². The van der Waals surface area contributed by atoms with Crippen LogP contribution in [0.15, 0.2) is 24.3 Å². The highest BCUT2D eigenvalue weighted by Crippen LogP contribution is 2.27. The lowest BCUT2D eigenvalue weighted by Gasteiger charge is -2.38. The van der Waals surface area contributed by atoms with E-state index in [9.17, 15) is 25.2 Å². The Balaban J connectivity index is 1.51. The van der Waals surface area contributed by atoms with Crippen LogP contribution in [0.5, 0.6) is 5.75 Å². The van der Waals surface area contributed by atoms with Gasteiger partial charge in [0.25, 0.3) is 0 Å². The molecule has 0 radical (unpaired) electrons. The molecule has 1 saturated heterocycles. The van der Waals surface area contributed by atoms with Crippen molar-refractivity contribution < 1.29 is 34.7 Å². The van der Waals surface area contributed by atoms with Gasteiger partial charge in [0, 0.05) is 6.54 Å². The van der Waals surface area contributed by atoms with E-state index in [1.165, 1.54) is 0 Å². The van der Waals surface area contributed by atoms with E-state index in [1.807, 2.05) is 24.3 Å². The van der Waals surface area contributed by atoms with Crippen molar-refractivity contribution in [2.75, 3.05) is 20.3 Å². The van der Waals surface area contributed by atoms with Crippen LogP contribution in [0.4, 0.5) is 0 Å². The number of aliphatic hydroxyl groups is 4. The summed E-state index contributed by atoms with van der Waals surface area (Å²) in [6, 6.07) is 7.52. The maximum absolute atomic E-state index is 12.1. The number of tetrazole rings is 1. The number of rotatable bonds is 8. The number of nitrogens with one attached hydrogen (secondary N) is 1. The maximum Gasteiger partial charge on any atom is 0.227 e. The summed E-state index contributed by atoms with van der Waals surface area (Å²) in [6.45, 7) is -0.147. The first-order chi connectivity index (χ1) is 14.4. The zero-order valence-electron chi connectivity index (χ0n) is 16.3. The molecule has 5 atom stereocenters. The van der Waals surface area contributed by atoms with Crippen molar-refractivity contribution in [2.45, 2.75) is 43.5 Å². The number of hydrogen-bond acceptors (Lipinski definition) is 10. The standard InChI is InChI=1S/C18H25N5O7/c1-29-11-4-2-10(3-5-11)6-7-19-14(25)8-13-20-22-23(21-13)18-17(28)16(27)15(26)12(9-24)30-18/h2-5,12,15-18,24,26-28H,6-9H2,1H3,(H,19,25). The predicted molar refractivity (Wildman–Crippen MR) is 100 cm³/mol. The van der Waals surface area contributed by atoms with Crippen LogP contribution in [0.25, 0.3) is 0 Å². The second-order valence-corrected chi connectivity index (χ2v) is 6.87. The van der Waals surface area contributed by atoms with Crippen molar-refractivity contribution >= 4 is 5.91 Å². The van der Waals surface area contributed by atoms with Crippen molar-refractivity contribution in [3.8, 4) is 5.75 Å². The molecule has 0 aliphatic carbocycles. The Morgan fingerprint density at radius 2 is 1.93 bits per heavy atom. The number of benzene rings is 1. The topological polar surface area (TPSA) is 172 Å². The van der Waals surface area contributed by atoms with Gasteiger partial charge in [0.05, 0.1) is 20.1 Å². The first-order valence-electron chi connectivity index (χ1n) is 9.41. The largest absolute Gasteiger partial charge is 0.497 e. The quantitative estimate of drug-likeness (QED) is 0.307. The van der Waals surface area contributed by atoms with E-state index < -0.39 is 37.3 Å². The molecule has 30 heavy (non-hydrogen) atoms. The molecule has 1 aliphatic rings. The van der Waals surface area contributed by atoms with Crippen LogP contribution in [0.2, 0.25) is 0 Å². The van der Waals surface area contributed by atoms with E-state index in [-0.39, 0.29) is 18.2 Å². The normalized spacial score (nSPS) is 26.4. The first kappa shape index (κ1) is 22.1. The van der Waals surface area contributed by atoms with E-state index in [4.69, 9.17) is 9.47 Å². The fourth-order valence-corrected chi connectivity index (χ4v) is 3.05. The molecule has 1 aliphatic heterocycles. The Hall–Kier alpha value is -2.64. The van der Waals surface area contributed by atoms with Gasteiger partial charge < -0.3 is 35.2 Å². The number of aromatic nitrogens is 4. The third kappa shape index (κ3) is 5.09. The number of hydrogen-bond donors (Lipinski definition) is 5. The summed E-state index contributed by atoms with van der Waals surface area (Å²) in [4.78, 5) is 13.0. The average molecular weight is 423 g/mol. The molecule has 5 unspecified atom stereocenters. The van der Waals surface area contributed by atoms with Crippen molar-refractivity contribution in [3.63, 3.8) is 0 Å². The predicted octanol–water partition coefficient (Wildman–Crippen LogP) is -2.44. The minimum atomic E-state index is -1.56. The molecule has 0 saturated carbocycles. The summed E-state index contributed by atoms with van der Waals surface area (Å²) >= 11 is 0. The molecule has 2 aromatic rings.